The van der Waals surface area contributed by atoms with Crippen LogP contribution in [0.4, 0.5) is 0 Å². The Morgan fingerprint density at radius 2 is 1.33 bits per heavy atom. The van der Waals surface area contributed by atoms with E-state index in [1.165, 1.54) is 0 Å². The summed E-state index contributed by atoms with van der Waals surface area (Å²) >= 11 is 8.34. The smallest absolute Gasteiger partial charge is 0.140 e. The quantitative estimate of drug-likeness (QED) is 0.298. The molecule has 0 aliphatic carbocycles. The Balaban J connectivity index is 3.99. The van der Waals surface area contributed by atoms with E-state index in [0.29, 0.717) is 24.3 Å². The fourth-order valence-corrected chi connectivity index (χ4v) is 1.67. The van der Waals surface area contributed by atoms with Crippen LogP contribution in [0, 0.1) is 10.8 Å². The van der Waals surface area contributed by atoms with E-state index < -0.39 is 10.9 Å². The first-order valence-electron chi connectivity index (χ1n) is 5.19. The minimum atomic E-state index is -0.537. The highest BCUT2D eigenvalue weighted by Crippen LogP contribution is 2.13. The van der Waals surface area contributed by atoms with Crippen LogP contribution in [-0.2, 0) is 4.74 Å². The largest absolute Gasteiger partial charge is 0.342 e. The van der Waals surface area contributed by atoms with E-state index in [4.69, 9.17) is 15.6 Å². The summed E-state index contributed by atoms with van der Waals surface area (Å²) in [5.74, 6) is 0. The Morgan fingerprint density at radius 3 is 1.60 bits per heavy atom. The zero-order valence-corrected chi connectivity index (χ0v) is 11.1. The second kappa shape index (κ2) is 8.19. The van der Waals surface area contributed by atoms with Crippen LogP contribution in [0.2, 0.25) is 0 Å². The van der Waals surface area contributed by atoms with Gasteiger partial charge in [0.1, 0.15) is 10.9 Å². The van der Waals surface area contributed by atoms with Crippen LogP contribution in [0.1, 0.15) is 39.5 Å². The van der Waals surface area contributed by atoms with E-state index in [0.717, 1.165) is 12.8 Å². The molecule has 2 N–H and O–H groups in total. The van der Waals surface area contributed by atoms with E-state index in [1.807, 2.05) is 13.8 Å². The van der Waals surface area contributed by atoms with Gasteiger partial charge in [-0.3, -0.25) is 0 Å². The number of hydrogen-bond donors (Lipinski definition) is 4. The van der Waals surface area contributed by atoms with Crippen molar-refractivity contribution in [1.29, 1.82) is 10.8 Å². The molecular weight excluding hydrogens is 228 g/mol. The Hall–Kier alpha value is -0.0000000000000000555. The number of rotatable bonds is 8. The Bertz CT molecular complexity index is 199. The van der Waals surface area contributed by atoms with Crippen molar-refractivity contribution in [3.63, 3.8) is 0 Å². The number of thiol groups is 2. The van der Waals surface area contributed by atoms with Gasteiger partial charge in [0.2, 0.25) is 0 Å². The second-order valence-corrected chi connectivity index (χ2v) is 4.33. The first-order chi connectivity index (χ1) is 7.02. The molecule has 0 bridgehead atoms. The van der Waals surface area contributed by atoms with Crippen molar-refractivity contribution in [2.45, 2.75) is 50.4 Å². The van der Waals surface area contributed by atoms with Gasteiger partial charge in [-0.05, 0) is 12.8 Å². The highest BCUT2D eigenvalue weighted by molar-refractivity contribution is 7.82. The molecule has 0 aromatic heterocycles. The minimum Gasteiger partial charge on any atom is -0.342 e. The standard InChI is InChI=1S/C10H20N2OS2/c1-3-5-7(11)9(14)13-10(15)8(12)6-4-2/h9-12,14-15H,3-6H2,1-2H3. The summed E-state index contributed by atoms with van der Waals surface area (Å²) in [6.45, 7) is 4.01. The highest BCUT2D eigenvalue weighted by atomic mass is 32.1. The van der Waals surface area contributed by atoms with Gasteiger partial charge in [-0.15, -0.1) is 25.3 Å². The molecule has 0 aromatic carbocycles. The maximum Gasteiger partial charge on any atom is 0.140 e. The van der Waals surface area contributed by atoms with Crippen LogP contribution in [0.5, 0.6) is 0 Å². The topological polar surface area (TPSA) is 56.9 Å². The molecule has 0 fully saturated rings. The second-order valence-electron chi connectivity index (χ2n) is 3.39. The maximum absolute atomic E-state index is 7.63. The van der Waals surface area contributed by atoms with Gasteiger partial charge in [0, 0.05) is 11.4 Å². The zero-order chi connectivity index (χ0) is 11.8. The predicted octanol–water partition coefficient (Wildman–Crippen LogP) is 3.15. The SMILES string of the molecule is CCCC(=N)C(S)OC(S)C(=N)CCC. The summed E-state index contributed by atoms with van der Waals surface area (Å²) in [6, 6.07) is 0. The normalized spacial score (nSPS) is 14.7. The molecule has 0 radical (unpaired) electrons. The first kappa shape index (κ1) is 15.0. The molecule has 0 aromatic rings. The minimum absolute atomic E-state index is 0.448. The van der Waals surface area contributed by atoms with Gasteiger partial charge in [0.05, 0.1) is 0 Å². The molecule has 5 heteroatoms. The van der Waals surface area contributed by atoms with Gasteiger partial charge in [-0.1, -0.05) is 26.7 Å². The summed E-state index contributed by atoms with van der Waals surface area (Å²) in [5, 5.41) is 15.3. The molecule has 0 rings (SSSR count). The van der Waals surface area contributed by atoms with E-state index >= 15 is 0 Å². The third kappa shape index (κ3) is 6.22. The lowest BCUT2D eigenvalue weighted by molar-refractivity contribution is 0.167. The Labute approximate surface area is 103 Å². The Morgan fingerprint density at radius 1 is 1.00 bits per heavy atom. The predicted molar refractivity (Wildman–Crippen MR) is 71.9 cm³/mol. The fourth-order valence-electron chi connectivity index (χ4n) is 1.07. The highest BCUT2D eigenvalue weighted by Gasteiger charge is 2.16. The van der Waals surface area contributed by atoms with E-state index in [9.17, 15) is 0 Å². The molecule has 0 spiro atoms. The van der Waals surface area contributed by atoms with Crippen molar-refractivity contribution < 1.29 is 4.74 Å². The van der Waals surface area contributed by atoms with Crippen molar-refractivity contribution in [2.75, 3.05) is 0 Å². The third-order valence-corrected chi connectivity index (χ3v) is 2.76. The average molecular weight is 248 g/mol. The van der Waals surface area contributed by atoms with Crippen LogP contribution in [0.25, 0.3) is 0 Å². The molecule has 15 heavy (non-hydrogen) atoms. The lowest BCUT2D eigenvalue weighted by atomic mass is 10.2. The maximum atomic E-state index is 7.63. The molecular formula is C10H20N2OS2. The molecule has 0 saturated heterocycles. The van der Waals surface area contributed by atoms with Crippen LogP contribution in [0.3, 0.4) is 0 Å². The average Bonchev–Trinajstić information content (AvgIpc) is 2.18. The monoisotopic (exact) mass is 248 g/mol. The summed E-state index contributed by atoms with van der Waals surface area (Å²) in [4.78, 5) is 0. The molecule has 0 aliphatic heterocycles. The number of hydrogen-bond acceptors (Lipinski definition) is 5. The number of ether oxygens (including phenoxy) is 1. The van der Waals surface area contributed by atoms with Gasteiger partial charge in [-0.2, -0.15) is 0 Å². The summed E-state index contributed by atoms with van der Waals surface area (Å²) in [6.07, 6.45) is 3.16. The summed E-state index contributed by atoms with van der Waals surface area (Å²) in [7, 11) is 0. The molecule has 0 saturated carbocycles. The number of nitrogens with one attached hydrogen (secondary N) is 2. The molecule has 0 aliphatic rings. The van der Waals surface area contributed by atoms with Gasteiger partial charge < -0.3 is 15.6 Å². The summed E-state index contributed by atoms with van der Waals surface area (Å²) in [5.41, 5.74) is -0.178. The van der Waals surface area contributed by atoms with Crippen molar-refractivity contribution in [2.24, 2.45) is 0 Å². The van der Waals surface area contributed by atoms with Crippen molar-refractivity contribution in [3.05, 3.63) is 0 Å². The lowest BCUT2D eigenvalue weighted by Gasteiger charge is -2.18. The molecule has 3 nitrogen and oxygen atoms in total. The van der Waals surface area contributed by atoms with Gasteiger partial charge in [0.25, 0.3) is 0 Å². The Kier molecular flexibility index (Phi) is 8.19. The lowest BCUT2D eigenvalue weighted by Crippen LogP contribution is -2.26. The van der Waals surface area contributed by atoms with Crippen LogP contribution in [0.15, 0.2) is 0 Å². The fraction of sp³-hybridized carbons (Fsp3) is 0.800. The van der Waals surface area contributed by atoms with Crippen LogP contribution in [-0.4, -0.2) is 22.3 Å². The van der Waals surface area contributed by atoms with Crippen molar-refractivity contribution in [3.8, 4) is 0 Å². The molecule has 88 valence electrons. The van der Waals surface area contributed by atoms with Crippen molar-refractivity contribution in [1.82, 2.24) is 0 Å². The van der Waals surface area contributed by atoms with Crippen LogP contribution < -0.4 is 0 Å². The van der Waals surface area contributed by atoms with E-state index in [1.54, 1.807) is 0 Å². The van der Waals surface area contributed by atoms with Gasteiger partial charge in [0.15, 0.2) is 0 Å². The zero-order valence-electron chi connectivity index (χ0n) is 9.29. The van der Waals surface area contributed by atoms with Gasteiger partial charge in [-0.25, -0.2) is 0 Å². The van der Waals surface area contributed by atoms with Crippen LogP contribution >= 0.6 is 25.3 Å². The third-order valence-electron chi connectivity index (χ3n) is 1.89. The van der Waals surface area contributed by atoms with E-state index in [2.05, 4.69) is 25.3 Å². The van der Waals surface area contributed by atoms with Crippen molar-refractivity contribution >= 4 is 36.7 Å². The molecule has 0 heterocycles. The first-order valence-corrected chi connectivity index (χ1v) is 6.22. The van der Waals surface area contributed by atoms with Gasteiger partial charge >= 0.3 is 0 Å². The molecule has 2 atom stereocenters. The summed E-state index contributed by atoms with van der Waals surface area (Å²) < 4.78 is 5.36. The molecule has 2 unspecified atom stereocenters. The van der Waals surface area contributed by atoms with E-state index in [-0.39, 0.29) is 0 Å². The molecule has 0 amide bonds.